The zero-order chi connectivity index (χ0) is 25.1. The number of hydrogen-bond acceptors (Lipinski definition) is 6. The lowest BCUT2D eigenvalue weighted by atomic mass is 9.94. The highest BCUT2D eigenvalue weighted by Gasteiger charge is 2.26. The Hall–Kier alpha value is -3.59. The highest BCUT2D eigenvalue weighted by molar-refractivity contribution is 6.27. The summed E-state index contributed by atoms with van der Waals surface area (Å²) in [5.41, 5.74) is 2.25. The number of ether oxygens (including phenoxy) is 2. The molecule has 9 nitrogen and oxygen atoms in total. The van der Waals surface area contributed by atoms with Crippen molar-refractivity contribution in [1.82, 2.24) is 10.2 Å². The van der Waals surface area contributed by atoms with Gasteiger partial charge < -0.3 is 25.0 Å². The van der Waals surface area contributed by atoms with E-state index in [-0.39, 0.29) is 17.9 Å². The lowest BCUT2D eigenvalue weighted by Crippen LogP contribution is -2.40. The Morgan fingerprint density at radius 2 is 1.62 bits per heavy atom. The third-order valence-corrected chi connectivity index (χ3v) is 5.68. The molecule has 0 spiro atoms. The van der Waals surface area contributed by atoms with Gasteiger partial charge in [0.05, 0.1) is 20.3 Å². The van der Waals surface area contributed by atoms with Gasteiger partial charge in [0.15, 0.2) is 0 Å². The average Bonchev–Trinajstić information content (AvgIpc) is 2.85. The van der Waals surface area contributed by atoms with Crippen LogP contribution in [0.15, 0.2) is 48.5 Å². The molecular weight excluding hydrogens is 440 g/mol. The van der Waals surface area contributed by atoms with Gasteiger partial charge in [0.2, 0.25) is 5.91 Å². The molecule has 0 bridgehead atoms. The molecule has 2 aromatic carbocycles. The summed E-state index contributed by atoms with van der Waals surface area (Å²) in [4.78, 5) is 33.2. The maximum Gasteiger partial charge on any atom is 0.414 e. The number of carbonyl (C=O) groups excluding carboxylic acids is 1. The molecule has 1 amide bonds. The van der Waals surface area contributed by atoms with Crippen molar-refractivity contribution in [3.63, 3.8) is 0 Å². The van der Waals surface area contributed by atoms with E-state index in [1.165, 1.54) is 0 Å². The molecule has 184 valence electrons. The fourth-order valence-corrected chi connectivity index (χ4v) is 3.76. The maximum absolute atomic E-state index is 12.7. The number of benzene rings is 2. The number of amides is 1. The Labute approximate surface area is 199 Å². The highest BCUT2D eigenvalue weighted by atomic mass is 16.5. The van der Waals surface area contributed by atoms with E-state index in [1.807, 2.05) is 43.3 Å². The zero-order valence-corrected chi connectivity index (χ0v) is 19.7. The van der Waals surface area contributed by atoms with Crippen molar-refractivity contribution in [2.75, 3.05) is 27.3 Å². The highest BCUT2D eigenvalue weighted by Crippen LogP contribution is 2.27. The standard InChI is InChI=1S/C23H30N2O3.C2H2O4/c1-17(18-7-5-4-6-8-18)24-23(26)19-11-13-25(14-12-19)16-20-15-21(27-2)9-10-22(20)28-3;3-1(4)2(5)6/h4-10,15,17,19H,11-14,16H2,1-3H3,(H,24,26);(H,3,4)(H,5,6). The smallest absolute Gasteiger partial charge is 0.414 e. The van der Waals surface area contributed by atoms with Crippen LogP contribution in [0, 0.1) is 5.92 Å². The van der Waals surface area contributed by atoms with Crippen LogP contribution < -0.4 is 14.8 Å². The zero-order valence-electron chi connectivity index (χ0n) is 19.7. The molecule has 0 aromatic heterocycles. The van der Waals surface area contributed by atoms with Gasteiger partial charge in [-0.05, 0) is 56.6 Å². The number of aliphatic carboxylic acids is 2. The fraction of sp³-hybridized carbons (Fsp3) is 0.400. The average molecular weight is 473 g/mol. The van der Waals surface area contributed by atoms with Crippen molar-refractivity contribution >= 4 is 17.8 Å². The Balaban J connectivity index is 0.000000604. The third kappa shape index (κ3) is 8.08. The second-order valence-corrected chi connectivity index (χ2v) is 7.98. The second kappa shape index (κ2) is 13.2. The van der Waals surface area contributed by atoms with E-state index in [0.717, 1.165) is 55.1 Å². The number of carbonyl (C=O) groups is 3. The van der Waals surface area contributed by atoms with Crippen LogP contribution >= 0.6 is 0 Å². The van der Waals surface area contributed by atoms with E-state index < -0.39 is 11.9 Å². The van der Waals surface area contributed by atoms with Gasteiger partial charge in [-0.25, -0.2) is 9.59 Å². The maximum atomic E-state index is 12.7. The number of carboxylic acids is 2. The molecule has 1 fully saturated rings. The quantitative estimate of drug-likeness (QED) is 0.525. The van der Waals surface area contributed by atoms with Gasteiger partial charge in [0, 0.05) is 18.0 Å². The van der Waals surface area contributed by atoms with Crippen molar-refractivity contribution in [3.05, 3.63) is 59.7 Å². The molecular formula is C25H32N2O7. The minimum atomic E-state index is -1.82. The largest absolute Gasteiger partial charge is 0.497 e. The molecule has 1 unspecified atom stereocenters. The SMILES string of the molecule is COc1ccc(OC)c(CN2CCC(C(=O)NC(C)c3ccccc3)CC2)c1.O=C(O)C(=O)O. The van der Waals surface area contributed by atoms with E-state index >= 15 is 0 Å². The number of nitrogens with one attached hydrogen (secondary N) is 1. The van der Waals surface area contributed by atoms with Crippen molar-refractivity contribution in [1.29, 1.82) is 0 Å². The summed E-state index contributed by atoms with van der Waals surface area (Å²) < 4.78 is 10.8. The van der Waals surface area contributed by atoms with Gasteiger partial charge in [-0.15, -0.1) is 0 Å². The van der Waals surface area contributed by atoms with E-state index in [2.05, 4.69) is 22.3 Å². The molecule has 34 heavy (non-hydrogen) atoms. The molecule has 3 rings (SSSR count). The molecule has 1 aliphatic heterocycles. The molecule has 1 atom stereocenters. The van der Waals surface area contributed by atoms with Crippen LogP contribution in [0.2, 0.25) is 0 Å². The van der Waals surface area contributed by atoms with E-state index in [1.54, 1.807) is 14.2 Å². The summed E-state index contributed by atoms with van der Waals surface area (Å²) in [6.45, 7) is 4.64. The van der Waals surface area contributed by atoms with Crippen molar-refractivity contribution in [3.8, 4) is 11.5 Å². The number of carboxylic acid groups (broad SMARTS) is 2. The number of rotatable bonds is 7. The van der Waals surface area contributed by atoms with E-state index in [0.29, 0.717) is 0 Å². The van der Waals surface area contributed by atoms with E-state index in [9.17, 15) is 4.79 Å². The number of piperidine rings is 1. The Kier molecular flexibility index (Phi) is 10.3. The van der Waals surface area contributed by atoms with Gasteiger partial charge in [0.25, 0.3) is 0 Å². The first kappa shape index (κ1) is 26.7. The molecule has 1 aliphatic rings. The lowest BCUT2D eigenvalue weighted by molar-refractivity contribution is -0.159. The van der Waals surface area contributed by atoms with Crippen LogP contribution in [0.25, 0.3) is 0 Å². The van der Waals surface area contributed by atoms with Crippen molar-refractivity contribution in [2.45, 2.75) is 32.4 Å². The molecule has 1 saturated heterocycles. The van der Waals surface area contributed by atoms with Crippen LogP contribution in [0.1, 0.15) is 36.9 Å². The second-order valence-electron chi connectivity index (χ2n) is 7.98. The molecule has 3 N–H and O–H groups in total. The fourth-order valence-electron chi connectivity index (χ4n) is 3.76. The minimum Gasteiger partial charge on any atom is -0.497 e. The Morgan fingerprint density at radius 3 is 2.15 bits per heavy atom. The lowest BCUT2D eigenvalue weighted by Gasteiger charge is -2.32. The molecule has 0 radical (unpaired) electrons. The minimum absolute atomic E-state index is 0.0350. The monoisotopic (exact) mass is 472 g/mol. The topological polar surface area (TPSA) is 125 Å². The predicted molar refractivity (Wildman–Crippen MR) is 126 cm³/mol. The summed E-state index contributed by atoms with van der Waals surface area (Å²) >= 11 is 0. The molecule has 0 saturated carbocycles. The van der Waals surface area contributed by atoms with Crippen LogP contribution in [0.4, 0.5) is 0 Å². The summed E-state index contributed by atoms with van der Waals surface area (Å²) in [5.74, 6) is -1.70. The first-order valence-electron chi connectivity index (χ1n) is 11.0. The number of hydrogen-bond donors (Lipinski definition) is 3. The van der Waals surface area contributed by atoms with Crippen LogP contribution in [0.5, 0.6) is 11.5 Å². The first-order valence-corrected chi connectivity index (χ1v) is 11.0. The van der Waals surface area contributed by atoms with Crippen molar-refractivity contribution < 1.29 is 34.1 Å². The van der Waals surface area contributed by atoms with Crippen LogP contribution in [-0.2, 0) is 20.9 Å². The first-order chi connectivity index (χ1) is 16.2. The normalized spacial score (nSPS) is 14.8. The molecule has 2 aromatic rings. The van der Waals surface area contributed by atoms with Gasteiger partial charge in [0.1, 0.15) is 11.5 Å². The predicted octanol–water partition coefficient (Wildman–Crippen LogP) is 2.95. The van der Waals surface area contributed by atoms with Crippen LogP contribution in [0.3, 0.4) is 0 Å². The Morgan fingerprint density at radius 1 is 1.00 bits per heavy atom. The third-order valence-electron chi connectivity index (χ3n) is 5.68. The van der Waals surface area contributed by atoms with Gasteiger partial charge in [-0.1, -0.05) is 30.3 Å². The van der Waals surface area contributed by atoms with Crippen molar-refractivity contribution in [2.24, 2.45) is 5.92 Å². The summed E-state index contributed by atoms with van der Waals surface area (Å²) in [7, 11) is 3.36. The Bertz CT molecular complexity index is 945. The van der Waals surface area contributed by atoms with Gasteiger partial charge in [-0.3, -0.25) is 9.69 Å². The molecule has 9 heteroatoms. The summed E-state index contributed by atoms with van der Waals surface area (Å²) in [6.07, 6.45) is 1.75. The summed E-state index contributed by atoms with van der Waals surface area (Å²) in [5, 5.41) is 18.0. The van der Waals surface area contributed by atoms with Gasteiger partial charge in [-0.2, -0.15) is 0 Å². The number of likely N-dealkylation sites (tertiary alicyclic amines) is 1. The number of nitrogens with zero attached hydrogens (tertiary/aromatic N) is 1. The van der Waals surface area contributed by atoms with E-state index in [4.69, 9.17) is 29.3 Å². The molecule has 0 aliphatic carbocycles. The van der Waals surface area contributed by atoms with Gasteiger partial charge >= 0.3 is 11.9 Å². The summed E-state index contributed by atoms with van der Waals surface area (Å²) in [6, 6.07) is 16.0. The molecule has 1 heterocycles. The number of methoxy groups -OCH3 is 2. The van der Waals surface area contributed by atoms with Crippen LogP contribution in [-0.4, -0.2) is 60.3 Å².